The lowest BCUT2D eigenvalue weighted by molar-refractivity contribution is -0.407. The van der Waals surface area contributed by atoms with Crippen LogP contribution in [0.1, 0.15) is 40.5 Å². The van der Waals surface area contributed by atoms with Gasteiger partial charge in [0.2, 0.25) is 6.29 Å². The van der Waals surface area contributed by atoms with Gasteiger partial charge in [0.15, 0.2) is 0 Å². The summed E-state index contributed by atoms with van der Waals surface area (Å²) in [5, 5.41) is 0. The van der Waals surface area contributed by atoms with Crippen LogP contribution in [-0.4, -0.2) is 19.0 Å². The first-order valence-electron chi connectivity index (χ1n) is 4.95. The summed E-state index contributed by atoms with van der Waals surface area (Å²) < 4.78 is 5.04. The molecule has 1 unspecified atom stereocenters. The number of ether oxygens (including phenoxy) is 1. The maximum atomic E-state index is 5.30. The van der Waals surface area contributed by atoms with Crippen molar-refractivity contribution in [3.63, 3.8) is 0 Å². The Hall–Kier alpha value is -0.380. The van der Waals surface area contributed by atoms with Gasteiger partial charge >= 0.3 is 0 Å². The van der Waals surface area contributed by atoms with E-state index in [1.807, 2.05) is 20.8 Å². The summed E-state index contributed by atoms with van der Waals surface area (Å²) in [6.07, 6.45) is 1.52. The summed E-state index contributed by atoms with van der Waals surface area (Å²) in [5.41, 5.74) is 0.515. The van der Waals surface area contributed by atoms with Crippen LogP contribution in [0.25, 0.3) is 0 Å². The minimum atomic E-state index is -0.480. The second kappa shape index (κ2) is 6.17. The molecule has 0 saturated carbocycles. The average Bonchev–Trinajstić information content (AvgIpc) is 2.04. The Bertz CT molecular complexity index is 175. The molecule has 0 radical (unpaired) electrons. The zero-order valence-corrected chi connectivity index (χ0v) is 9.92. The van der Waals surface area contributed by atoms with Gasteiger partial charge in [-0.15, -0.1) is 0 Å². The van der Waals surface area contributed by atoms with Crippen molar-refractivity contribution in [3.8, 4) is 0 Å². The van der Waals surface area contributed by atoms with Crippen molar-refractivity contribution in [3.05, 3.63) is 12.2 Å². The van der Waals surface area contributed by atoms with Crippen molar-refractivity contribution in [2.45, 2.75) is 52.4 Å². The highest BCUT2D eigenvalue weighted by atomic mass is 17.2. The van der Waals surface area contributed by atoms with Crippen LogP contribution >= 0.6 is 0 Å². The van der Waals surface area contributed by atoms with Crippen molar-refractivity contribution in [1.82, 2.24) is 0 Å². The van der Waals surface area contributed by atoms with Gasteiger partial charge in [-0.05, 0) is 32.8 Å². The van der Waals surface area contributed by atoms with Crippen LogP contribution in [0.3, 0.4) is 0 Å². The van der Waals surface area contributed by atoms with Gasteiger partial charge in [0, 0.05) is 7.11 Å². The zero-order chi connectivity index (χ0) is 11.2. The third-order valence-electron chi connectivity index (χ3n) is 1.83. The number of methoxy groups -OCH3 is 1. The molecule has 3 nitrogen and oxygen atoms in total. The van der Waals surface area contributed by atoms with Crippen molar-refractivity contribution < 1.29 is 14.5 Å². The van der Waals surface area contributed by atoms with Crippen molar-refractivity contribution in [2.75, 3.05) is 7.11 Å². The Morgan fingerprint density at radius 1 is 1.43 bits per heavy atom. The van der Waals surface area contributed by atoms with Crippen LogP contribution in [0.2, 0.25) is 0 Å². The first-order valence-corrected chi connectivity index (χ1v) is 4.95. The Morgan fingerprint density at radius 2 is 2.00 bits per heavy atom. The third kappa shape index (κ3) is 5.37. The van der Waals surface area contributed by atoms with Gasteiger partial charge < -0.3 is 4.74 Å². The molecule has 0 aromatic heterocycles. The molecule has 0 spiro atoms. The van der Waals surface area contributed by atoms with E-state index < -0.39 is 6.29 Å². The van der Waals surface area contributed by atoms with Crippen LogP contribution in [0, 0.1) is 0 Å². The zero-order valence-electron chi connectivity index (χ0n) is 9.92. The Labute approximate surface area is 87.0 Å². The highest BCUT2D eigenvalue weighted by Crippen LogP contribution is 2.19. The standard InChI is InChI=1S/C11H22O3/c1-7-8-11(4,5)14-13-10(12-6)9(2)3/h10H,2,7-8H2,1,3-6H3. The fourth-order valence-electron chi connectivity index (χ4n) is 1.14. The van der Waals surface area contributed by atoms with Gasteiger partial charge in [0.05, 0.1) is 5.60 Å². The normalized spacial score (nSPS) is 14.1. The highest BCUT2D eigenvalue weighted by molar-refractivity contribution is 4.92. The molecule has 0 saturated heterocycles. The molecule has 14 heavy (non-hydrogen) atoms. The fourth-order valence-corrected chi connectivity index (χ4v) is 1.14. The van der Waals surface area contributed by atoms with Gasteiger partial charge in [0.25, 0.3) is 0 Å². The van der Waals surface area contributed by atoms with E-state index in [2.05, 4.69) is 13.5 Å². The summed E-state index contributed by atoms with van der Waals surface area (Å²) >= 11 is 0. The van der Waals surface area contributed by atoms with Crippen LogP contribution in [0.4, 0.5) is 0 Å². The molecule has 0 aliphatic carbocycles. The number of hydrogen-bond donors (Lipinski definition) is 0. The number of rotatable bonds is 7. The summed E-state index contributed by atoms with van der Waals surface area (Å²) in [5.74, 6) is 0. The summed E-state index contributed by atoms with van der Waals surface area (Å²) in [6.45, 7) is 11.7. The minimum absolute atomic E-state index is 0.277. The largest absolute Gasteiger partial charge is 0.350 e. The van der Waals surface area contributed by atoms with E-state index in [9.17, 15) is 0 Å². The second-order valence-electron chi connectivity index (χ2n) is 4.10. The minimum Gasteiger partial charge on any atom is -0.350 e. The van der Waals surface area contributed by atoms with E-state index in [-0.39, 0.29) is 5.60 Å². The molecule has 0 N–H and O–H groups in total. The lowest BCUT2D eigenvalue weighted by Gasteiger charge is -2.25. The Balaban J connectivity index is 3.95. The van der Waals surface area contributed by atoms with Crippen LogP contribution < -0.4 is 0 Å². The molecule has 0 amide bonds. The summed E-state index contributed by atoms with van der Waals surface area (Å²) in [7, 11) is 1.57. The lowest BCUT2D eigenvalue weighted by Crippen LogP contribution is -2.28. The molecule has 1 atom stereocenters. The van der Waals surface area contributed by atoms with Gasteiger partial charge in [-0.25, -0.2) is 4.89 Å². The van der Waals surface area contributed by atoms with E-state index in [1.165, 1.54) is 0 Å². The SMILES string of the molecule is C=C(C)C(OC)OOC(C)(C)CCC. The average molecular weight is 202 g/mol. The van der Waals surface area contributed by atoms with Gasteiger partial charge in [-0.3, -0.25) is 0 Å². The Kier molecular flexibility index (Phi) is 6.00. The topological polar surface area (TPSA) is 27.7 Å². The summed E-state index contributed by atoms with van der Waals surface area (Å²) in [4.78, 5) is 10.4. The van der Waals surface area contributed by atoms with Crippen LogP contribution in [-0.2, 0) is 14.5 Å². The maximum absolute atomic E-state index is 5.30. The quantitative estimate of drug-likeness (QED) is 0.275. The molecule has 0 rings (SSSR count). The molecule has 0 heterocycles. The molecular formula is C11H22O3. The predicted octanol–water partition coefficient (Wildman–Crippen LogP) is 3.06. The third-order valence-corrected chi connectivity index (χ3v) is 1.83. The molecule has 0 aromatic carbocycles. The second-order valence-corrected chi connectivity index (χ2v) is 4.10. The van der Waals surface area contributed by atoms with Crippen LogP contribution in [0.5, 0.6) is 0 Å². The highest BCUT2D eigenvalue weighted by Gasteiger charge is 2.21. The first-order chi connectivity index (χ1) is 6.43. The Morgan fingerprint density at radius 3 is 2.36 bits per heavy atom. The fraction of sp³-hybridized carbons (Fsp3) is 0.818. The van der Waals surface area contributed by atoms with Gasteiger partial charge in [-0.2, -0.15) is 4.89 Å². The van der Waals surface area contributed by atoms with E-state index in [0.29, 0.717) is 0 Å². The predicted molar refractivity (Wildman–Crippen MR) is 56.8 cm³/mol. The number of hydrogen-bond acceptors (Lipinski definition) is 3. The van der Waals surface area contributed by atoms with E-state index >= 15 is 0 Å². The molecule has 0 aliphatic rings. The molecule has 0 aromatic rings. The lowest BCUT2D eigenvalue weighted by atomic mass is 10.0. The molecule has 0 fully saturated rings. The van der Waals surface area contributed by atoms with Gasteiger partial charge in [0.1, 0.15) is 0 Å². The van der Waals surface area contributed by atoms with Gasteiger partial charge in [-0.1, -0.05) is 19.9 Å². The summed E-state index contributed by atoms with van der Waals surface area (Å²) in [6, 6.07) is 0. The van der Waals surface area contributed by atoms with Crippen molar-refractivity contribution in [2.24, 2.45) is 0 Å². The van der Waals surface area contributed by atoms with E-state index in [4.69, 9.17) is 14.5 Å². The van der Waals surface area contributed by atoms with E-state index in [1.54, 1.807) is 7.11 Å². The first kappa shape index (κ1) is 13.6. The van der Waals surface area contributed by atoms with Crippen LogP contribution in [0.15, 0.2) is 12.2 Å². The molecule has 0 aliphatic heterocycles. The molecular weight excluding hydrogens is 180 g/mol. The molecule has 84 valence electrons. The van der Waals surface area contributed by atoms with Crippen molar-refractivity contribution in [1.29, 1.82) is 0 Å². The molecule has 3 heteroatoms. The van der Waals surface area contributed by atoms with Crippen molar-refractivity contribution >= 4 is 0 Å². The van der Waals surface area contributed by atoms with E-state index in [0.717, 1.165) is 18.4 Å². The monoisotopic (exact) mass is 202 g/mol. The maximum Gasteiger partial charge on any atom is 0.212 e. The molecule has 0 bridgehead atoms. The smallest absolute Gasteiger partial charge is 0.212 e.